The van der Waals surface area contributed by atoms with Crippen molar-refractivity contribution in [3.63, 3.8) is 0 Å². The predicted molar refractivity (Wildman–Crippen MR) is 82.2 cm³/mol. The van der Waals surface area contributed by atoms with Gasteiger partial charge in [-0.15, -0.1) is 24.2 Å². The molecular formula is C13H25ClN2O2S. The summed E-state index contributed by atoms with van der Waals surface area (Å²) in [6.07, 6.45) is 6.40. The summed E-state index contributed by atoms with van der Waals surface area (Å²) >= 11 is 1.69. The van der Waals surface area contributed by atoms with Crippen LogP contribution in [0.2, 0.25) is 0 Å². The molecule has 6 heteroatoms. The highest BCUT2D eigenvalue weighted by molar-refractivity contribution is 7.99. The minimum Gasteiger partial charge on any atom is -0.377 e. The van der Waals surface area contributed by atoms with Gasteiger partial charge >= 0.3 is 0 Å². The molecule has 0 aliphatic carbocycles. The molecule has 112 valence electrons. The molecule has 2 N–H and O–H groups in total. The number of hydrogen-bond acceptors (Lipinski definition) is 4. The van der Waals surface area contributed by atoms with Gasteiger partial charge in [0.2, 0.25) is 5.91 Å². The van der Waals surface area contributed by atoms with Crippen LogP contribution in [0.5, 0.6) is 0 Å². The molecule has 2 saturated heterocycles. The van der Waals surface area contributed by atoms with E-state index in [0.29, 0.717) is 17.9 Å². The van der Waals surface area contributed by atoms with Gasteiger partial charge in [0.15, 0.2) is 0 Å². The highest BCUT2D eigenvalue weighted by atomic mass is 35.5. The molecule has 0 radical (unpaired) electrons. The summed E-state index contributed by atoms with van der Waals surface area (Å²) in [4.78, 5) is 11.6. The second-order valence-corrected chi connectivity index (χ2v) is 6.13. The fraction of sp³-hybridized carbons (Fsp3) is 0.923. The van der Waals surface area contributed by atoms with Crippen LogP contribution in [0.4, 0.5) is 0 Å². The molecule has 2 atom stereocenters. The zero-order valence-electron chi connectivity index (χ0n) is 11.4. The van der Waals surface area contributed by atoms with Gasteiger partial charge in [-0.1, -0.05) is 0 Å². The molecule has 4 nitrogen and oxygen atoms in total. The summed E-state index contributed by atoms with van der Waals surface area (Å²) in [5, 5.41) is 6.38. The van der Waals surface area contributed by atoms with Crippen LogP contribution in [-0.4, -0.2) is 49.3 Å². The number of rotatable bonds is 6. The van der Waals surface area contributed by atoms with Crippen molar-refractivity contribution in [2.45, 2.75) is 44.2 Å². The Balaban J connectivity index is 0.00000180. The van der Waals surface area contributed by atoms with Crippen LogP contribution in [-0.2, 0) is 9.53 Å². The van der Waals surface area contributed by atoms with Crippen LogP contribution in [0.25, 0.3) is 0 Å². The lowest BCUT2D eigenvalue weighted by molar-refractivity contribution is -0.118. The normalized spacial score (nSPS) is 26.7. The van der Waals surface area contributed by atoms with Crippen LogP contribution >= 0.6 is 24.2 Å². The van der Waals surface area contributed by atoms with E-state index in [4.69, 9.17) is 4.74 Å². The average molecular weight is 309 g/mol. The number of carbonyl (C=O) groups is 1. The highest BCUT2D eigenvalue weighted by Crippen LogP contribution is 2.16. The molecule has 19 heavy (non-hydrogen) atoms. The number of ether oxygens (including phenoxy) is 1. The quantitative estimate of drug-likeness (QED) is 0.782. The van der Waals surface area contributed by atoms with Crippen LogP contribution < -0.4 is 10.6 Å². The zero-order valence-corrected chi connectivity index (χ0v) is 13.0. The van der Waals surface area contributed by atoms with Crippen molar-refractivity contribution in [2.24, 2.45) is 0 Å². The molecule has 2 rings (SSSR count). The summed E-state index contributed by atoms with van der Waals surface area (Å²) in [6, 6.07) is 0.487. The van der Waals surface area contributed by atoms with Gasteiger partial charge in [-0.05, 0) is 38.6 Å². The summed E-state index contributed by atoms with van der Waals surface area (Å²) < 4.78 is 5.64. The fourth-order valence-corrected chi connectivity index (χ4v) is 3.37. The first kappa shape index (κ1) is 17.1. The standard InChI is InChI=1S/C13H24N2O2S.ClH/c16-13(15-8-11-4-3-6-14-11)10-18-9-12-5-1-2-7-17-12;/h11-12,14H,1-10H2,(H,15,16);1H. The molecular weight excluding hydrogens is 284 g/mol. The maximum absolute atomic E-state index is 11.6. The second kappa shape index (κ2) is 9.86. The monoisotopic (exact) mass is 308 g/mol. The van der Waals surface area contributed by atoms with E-state index in [1.165, 1.54) is 25.7 Å². The molecule has 0 saturated carbocycles. The molecule has 0 spiro atoms. The van der Waals surface area contributed by atoms with Crippen LogP contribution in [0.3, 0.4) is 0 Å². The van der Waals surface area contributed by atoms with Crippen molar-refractivity contribution >= 4 is 30.1 Å². The summed E-state index contributed by atoms with van der Waals surface area (Å²) in [7, 11) is 0. The Hall–Kier alpha value is 0.0300. The van der Waals surface area contributed by atoms with Crippen molar-refractivity contribution in [3.8, 4) is 0 Å². The molecule has 2 aliphatic heterocycles. The first-order chi connectivity index (χ1) is 8.84. The molecule has 2 aliphatic rings. The number of carbonyl (C=O) groups excluding carboxylic acids is 1. The van der Waals surface area contributed by atoms with E-state index in [0.717, 1.165) is 31.9 Å². The average Bonchev–Trinajstić information content (AvgIpc) is 2.91. The minimum atomic E-state index is 0. The van der Waals surface area contributed by atoms with Gasteiger partial charge in [-0.2, -0.15) is 0 Å². The maximum Gasteiger partial charge on any atom is 0.230 e. The smallest absolute Gasteiger partial charge is 0.230 e. The molecule has 2 unspecified atom stereocenters. The van der Waals surface area contributed by atoms with Crippen LogP contribution in [0.15, 0.2) is 0 Å². The van der Waals surface area contributed by atoms with Crippen molar-refractivity contribution in [1.82, 2.24) is 10.6 Å². The molecule has 0 aromatic carbocycles. The van der Waals surface area contributed by atoms with E-state index >= 15 is 0 Å². The molecule has 0 bridgehead atoms. The van der Waals surface area contributed by atoms with Gasteiger partial charge in [-0.25, -0.2) is 0 Å². The van der Waals surface area contributed by atoms with E-state index in [9.17, 15) is 4.79 Å². The third kappa shape index (κ3) is 6.84. The number of hydrogen-bond donors (Lipinski definition) is 2. The lowest BCUT2D eigenvalue weighted by Crippen LogP contribution is -2.38. The number of thioether (sulfide) groups is 1. The molecule has 1 amide bonds. The van der Waals surface area contributed by atoms with Crippen molar-refractivity contribution in [1.29, 1.82) is 0 Å². The summed E-state index contributed by atoms with van der Waals surface area (Å²) in [6.45, 7) is 2.76. The molecule has 0 aromatic rings. The number of halogens is 1. The second-order valence-electron chi connectivity index (χ2n) is 5.10. The van der Waals surface area contributed by atoms with E-state index in [-0.39, 0.29) is 18.3 Å². The predicted octanol–water partition coefficient (Wildman–Crippen LogP) is 1.58. The Kier molecular flexibility index (Phi) is 8.86. The fourth-order valence-electron chi connectivity index (χ4n) is 2.44. The van der Waals surface area contributed by atoms with Crippen LogP contribution in [0.1, 0.15) is 32.1 Å². The van der Waals surface area contributed by atoms with E-state index in [1.807, 2.05) is 0 Å². The molecule has 2 heterocycles. The van der Waals surface area contributed by atoms with Crippen molar-refractivity contribution in [2.75, 3.05) is 31.2 Å². The van der Waals surface area contributed by atoms with Gasteiger partial charge in [0, 0.05) is 24.9 Å². The summed E-state index contributed by atoms with van der Waals surface area (Å²) in [5.74, 6) is 1.67. The third-order valence-corrected chi connectivity index (χ3v) is 4.59. The van der Waals surface area contributed by atoms with Crippen LogP contribution in [0, 0.1) is 0 Å². The van der Waals surface area contributed by atoms with Gasteiger partial charge in [0.05, 0.1) is 11.9 Å². The Morgan fingerprint density at radius 3 is 2.89 bits per heavy atom. The van der Waals surface area contributed by atoms with Crippen molar-refractivity contribution < 1.29 is 9.53 Å². The zero-order chi connectivity index (χ0) is 12.6. The van der Waals surface area contributed by atoms with E-state index < -0.39 is 0 Å². The van der Waals surface area contributed by atoms with Gasteiger partial charge in [0.1, 0.15) is 0 Å². The molecule has 0 aromatic heterocycles. The Morgan fingerprint density at radius 1 is 1.32 bits per heavy atom. The first-order valence-electron chi connectivity index (χ1n) is 7.04. The lowest BCUT2D eigenvalue weighted by Gasteiger charge is -2.22. The topological polar surface area (TPSA) is 50.4 Å². The minimum absolute atomic E-state index is 0. The van der Waals surface area contributed by atoms with Crippen molar-refractivity contribution in [3.05, 3.63) is 0 Å². The summed E-state index contributed by atoms with van der Waals surface area (Å²) in [5.41, 5.74) is 0. The van der Waals surface area contributed by atoms with Gasteiger partial charge in [-0.3, -0.25) is 4.79 Å². The van der Waals surface area contributed by atoms with Gasteiger partial charge in [0.25, 0.3) is 0 Å². The Morgan fingerprint density at radius 2 is 2.21 bits per heavy atom. The van der Waals surface area contributed by atoms with E-state index in [2.05, 4.69) is 10.6 Å². The largest absolute Gasteiger partial charge is 0.377 e. The van der Waals surface area contributed by atoms with Gasteiger partial charge < -0.3 is 15.4 Å². The highest BCUT2D eigenvalue weighted by Gasteiger charge is 2.16. The maximum atomic E-state index is 11.6. The Bertz CT molecular complexity index is 257. The molecule has 2 fully saturated rings. The Labute approximate surface area is 126 Å². The third-order valence-electron chi connectivity index (χ3n) is 3.52. The lowest BCUT2D eigenvalue weighted by atomic mass is 10.1. The SMILES string of the molecule is Cl.O=C(CSCC1CCCCO1)NCC1CCCN1. The number of nitrogens with one attached hydrogen (secondary N) is 2. The number of amides is 1. The van der Waals surface area contributed by atoms with E-state index in [1.54, 1.807) is 11.8 Å². The first-order valence-corrected chi connectivity index (χ1v) is 8.19.